The molecule has 1 aliphatic heterocycles. The molecule has 5 rings (SSSR count). The van der Waals surface area contributed by atoms with Gasteiger partial charge < -0.3 is 4.74 Å². The molecule has 1 fully saturated rings. The van der Waals surface area contributed by atoms with Crippen LogP contribution >= 0.6 is 0 Å². The van der Waals surface area contributed by atoms with Crippen molar-refractivity contribution in [3.05, 3.63) is 72.1 Å². The van der Waals surface area contributed by atoms with Crippen LogP contribution in [0.25, 0.3) is 11.1 Å². The van der Waals surface area contributed by atoms with Crippen molar-refractivity contribution in [2.75, 3.05) is 20.2 Å². The van der Waals surface area contributed by atoms with Gasteiger partial charge in [0.1, 0.15) is 5.75 Å². The van der Waals surface area contributed by atoms with Gasteiger partial charge in [0.2, 0.25) is 0 Å². The number of methoxy groups -OCH3 is 1. The molecule has 4 aromatic rings. The number of rotatable bonds is 7. The zero-order valence-corrected chi connectivity index (χ0v) is 18.1. The van der Waals surface area contributed by atoms with Crippen molar-refractivity contribution >= 4 is 0 Å². The number of H-pyrrole nitrogens is 1. The van der Waals surface area contributed by atoms with Crippen LogP contribution in [0.3, 0.4) is 0 Å². The number of piperidine rings is 1. The third kappa shape index (κ3) is 4.38. The van der Waals surface area contributed by atoms with Crippen molar-refractivity contribution in [3.8, 4) is 16.9 Å². The number of hydrogen-bond acceptors (Lipinski definition) is 7. The molecule has 9 heteroatoms. The zero-order valence-electron chi connectivity index (χ0n) is 18.1. The second-order valence-corrected chi connectivity index (χ2v) is 8.11. The minimum Gasteiger partial charge on any atom is -0.497 e. The average molecular weight is 431 g/mol. The number of pyridine rings is 1. The number of hydrogen-bond donors (Lipinski definition) is 1. The van der Waals surface area contributed by atoms with Crippen molar-refractivity contribution in [3.63, 3.8) is 0 Å². The summed E-state index contributed by atoms with van der Waals surface area (Å²) in [5, 5.41) is 20.0. The summed E-state index contributed by atoms with van der Waals surface area (Å²) >= 11 is 0. The number of nitrogens with zero attached hydrogens (tertiary/aromatic N) is 7. The van der Waals surface area contributed by atoms with Crippen LogP contribution in [0.1, 0.15) is 35.8 Å². The topological polar surface area (TPSA) is 97.6 Å². The summed E-state index contributed by atoms with van der Waals surface area (Å²) in [6.45, 7) is 3.33. The highest BCUT2D eigenvalue weighted by Gasteiger charge is 2.26. The van der Waals surface area contributed by atoms with Crippen LogP contribution in [0, 0.1) is 0 Å². The van der Waals surface area contributed by atoms with Gasteiger partial charge in [-0.15, -0.1) is 5.10 Å². The Morgan fingerprint density at radius 1 is 1.09 bits per heavy atom. The molecule has 0 aliphatic carbocycles. The van der Waals surface area contributed by atoms with E-state index in [0.717, 1.165) is 60.7 Å². The lowest BCUT2D eigenvalue weighted by molar-refractivity contribution is 0.191. The van der Waals surface area contributed by atoms with Gasteiger partial charge in [-0.25, -0.2) is 4.68 Å². The fourth-order valence-electron chi connectivity index (χ4n) is 4.37. The minimum atomic E-state index is 0.389. The molecule has 0 unspecified atom stereocenters. The maximum absolute atomic E-state index is 5.24. The van der Waals surface area contributed by atoms with Crippen LogP contribution in [-0.2, 0) is 13.1 Å². The summed E-state index contributed by atoms with van der Waals surface area (Å²) in [6.07, 6.45) is 7.82. The van der Waals surface area contributed by atoms with E-state index in [1.807, 2.05) is 59.7 Å². The van der Waals surface area contributed by atoms with E-state index in [1.54, 1.807) is 7.11 Å². The van der Waals surface area contributed by atoms with Gasteiger partial charge >= 0.3 is 0 Å². The number of tetrazole rings is 1. The van der Waals surface area contributed by atoms with Gasteiger partial charge in [-0.05, 0) is 65.2 Å². The van der Waals surface area contributed by atoms with Crippen molar-refractivity contribution < 1.29 is 4.74 Å². The predicted octanol–water partition coefficient (Wildman–Crippen LogP) is 2.89. The largest absolute Gasteiger partial charge is 0.497 e. The molecule has 1 N–H and O–H groups in total. The lowest BCUT2D eigenvalue weighted by Crippen LogP contribution is -2.35. The first kappa shape index (κ1) is 20.3. The first-order valence-electron chi connectivity index (χ1n) is 10.8. The highest BCUT2D eigenvalue weighted by atomic mass is 16.5. The van der Waals surface area contributed by atoms with E-state index in [0.29, 0.717) is 12.5 Å². The van der Waals surface area contributed by atoms with Crippen LogP contribution < -0.4 is 4.74 Å². The second kappa shape index (κ2) is 9.27. The Labute approximate surface area is 186 Å². The molecule has 1 saturated heterocycles. The Morgan fingerprint density at radius 2 is 1.94 bits per heavy atom. The summed E-state index contributed by atoms with van der Waals surface area (Å²) in [7, 11) is 1.67. The van der Waals surface area contributed by atoms with Gasteiger partial charge in [0.25, 0.3) is 0 Å². The molecule has 1 aliphatic rings. The van der Waals surface area contributed by atoms with Gasteiger partial charge in [-0.2, -0.15) is 5.10 Å². The Kier molecular flexibility index (Phi) is 5.89. The lowest BCUT2D eigenvalue weighted by atomic mass is 9.91. The maximum atomic E-state index is 5.24. The van der Waals surface area contributed by atoms with Crippen molar-refractivity contribution in [2.45, 2.75) is 31.8 Å². The highest BCUT2D eigenvalue weighted by molar-refractivity contribution is 5.65. The van der Waals surface area contributed by atoms with Crippen LogP contribution in [0.4, 0.5) is 0 Å². The van der Waals surface area contributed by atoms with Gasteiger partial charge in [-0.3, -0.25) is 15.0 Å². The fourth-order valence-corrected chi connectivity index (χ4v) is 4.37. The number of ether oxygens (including phenoxy) is 1. The molecule has 0 amide bonds. The van der Waals surface area contributed by atoms with Crippen LogP contribution in [0.15, 0.2) is 55.0 Å². The molecule has 4 heterocycles. The van der Waals surface area contributed by atoms with Crippen LogP contribution in [-0.4, -0.2) is 60.5 Å². The zero-order chi connectivity index (χ0) is 21.8. The van der Waals surface area contributed by atoms with Gasteiger partial charge in [0, 0.05) is 36.1 Å². The summed E-state index contributed by atoms with van der Waals surface area (Å²) < 4.78 is 7.12. The van der Waals surface area contributed by atoms with Crippen molar-refractivity contribution in [1.29, 1.82) is 0 Å². The molecule has 0 bridgehead atoms. The molecular formula is C23H26N8O. The van der Waals surface area contributed by atoms with Gasteiger partial charge in [0.15, 0.2) is 5.82 Å². The lowest BCUT2D eigenvalue weighted by Gasteiger charge is -2.32. The van der Waals surface area contributed by atoms with Gasteiger partial charge in [-0.1, -0.05) is 12.1 Å². The molecule has 0 radical (unpaired) electrons. The number of likely N-dealkylation sites (tertiary alicyclic amines) is 1. The van der Waals surface area contributed by atoms with Crippen LogP contribution in [0.5, 0.6) is 5.75 Å². The molecule has 0 spiro atoms. The molecule has 164 valence electrons. The highest BCUT2D eigenvalue weighted by Crippen LogP contribution is 2.33. The Morgan fingerprint density at radius 3 is 2.75 bits per heavy atom. The smallest absolute Gasteiger partial charge is 0.165 e. The quantitative estimate of drug-likeness (QED) is 0.481. The van der Waals surface area contributed by atoms with Crippen LogP contribution in [0.2, 0.25) is 0 Å². The van der Waals surface area contributed by atoms with E-state index in [2.05, 4.69) is 35.6 Å². The van der Waals surface area contributed by atoms with E-state index in [-0.39, 0.29) is 0 Å². The molecule has 9 nitrogen and oxygen atoms in total. The number of aromatic amines is 1. The van der Waals surface area contributed by atoms with E-state index in [4.69, 9.17) is 4.74 Å². The molecular weight excluding hydrogens is 404 g/mol. The molecule has 0 saturated carbocycles. The third-order valence-electron chi connectivity index (χ3n) is 6.04. The number of benzene rings is 1. The van der Waals surface area contributed by atoms with Gasteiger partial charge in [0.05, 0.1) is 26.4 Å². The third-order valence-corrected chi connectivity index (χ3v) is 6.04. The number of aromatic nitrogens is 7. The maximum Gasteiger partial charge on any atom is 0.165 e. The molecule has 1 atom stereocenters. The monoisotopic (exact) mass is 430 g/mol. The fraction of sp³-hybridized carbons (Fsp3) is 0.348. The Hall–Kier alpha value is -3.59. The standard InChI is InChI=1S/C23H26N8O/c1-32-20-6-4-17(5-7-20)14-31-22(26-28-29-31)16-30-12-2-3-19(15-30)23-21(13-25-27-23)18-8-10-24-11-9-18/h4-11,13,19H,2-3,12,14-16H2,1H3,(H,25,27)/t19-/m1/s1. The normalized spacial score (nSPS) is 16.8. The van der Waals surface area contributed by atoms with Crippen molar-refractivity contribution in [2.24, 2.45) is 0 Å². The first-order valence-corrected chi connectivity index (χ1v) is 10.8. The summed E-state index contributed by atoms with van der Waals surface area (Å²) in [4.78, 5) is 6.56. The van der Waals surface area contributed by atoms with E-state index in [1.165, 1.54) is 5.69 Å². The summed E-state index contributed by atoms with van der Waals surface area (Å²) in [6, 6.07) is 12.1. The molecule has 1 aromatic carbocycles. The Balaban J connectivity index is 1.28. The summed E-state index contributed by atoms with van der Waals surface area (Å²) in [5.41, 5.74) is 4.63. The number of nitrogens with one attached hydrogen (secondary N) is 1. The summed E-state index contributed by atoms with van der Waals surface area (Å²) in [5.74, 6) is 2.11. The van der Waals surface area contributed by atoms with E-state index in [9.17, 15) is 0 Å². The Bertz CT molecular complexity index is 1140. The predicted molar refractivity (Wildman–Crippen MR) is 119 cm³/mol. The van der Waals surface area contributed by atoms with E-state index >= 15 is 0 Å². The van der Waals surface area contributed by atoms with E-state index < -0.39 is 0 Å². The average Bonchev–Trinajstić information content (AvgIpc) is 3.50. The molecule has 3 aromatic heterocycles. The second-order valence-electron chi connectivity index (χ2n) is 8.11. The molecule has 32 heavy (non-hydrogen) atoms. The van der Waals surface area contributed by atoms with Crippen molar-refractivity contribution in [1.82, 2.24) is 40.3 Å². The SMILES string of the molecule is COc1ccc(Cn2nnnc2CN2CCC[C@@H](c3[nH]ncc3-c3ccncc3)C2)cc1. The minimum absolute atomic E-state index is 0.389. The first-order chi connectivity index (χ1) is 15.8.